The third-order valence-electron chi connectivity index (χ3n) is 2.90. The molecule has 1 unspecified atom stereocenters. The second kappa shape index (κ2) is 5.14. The van der Waals surface area contributed by atoms with Gasteiger partial charge in [-0.15, -0.1) is 0 Å². The minimum Gasteiger partial charge on any atom is -0.0909 e. The molecule has 1 aromatic carbocycles. The molecule has 0 spiro atoms. The van der Waals surface area contributed by atoms with Crippen LogP contribution in [0.4, 0.5) is 0 Å². The topological polar surface area (TPSA) is 0 Å². The van der Waals surface area contributed by atoms with Gasteiger partial charge in [-0.2, -0.15) is 0 Å². The van der Waals surface area contributed by atoms with Gasteiger partial charge in [0.2, 0.25) is 0 Å². The summed E-state index contributed by atoms with van der Waals surface area (Å²) >= 11 is 6.55. The van der Waals surface area contributed by atoms with Crippen molar-refractivity contribution in [2.45, 2.75) is 37.8 Å². The number of hydrogen-bond acceptors (Lipinski definition) is 0. The maximum atomic E-state index is 6.55. The molecule has 0 nitrogen and oxygen atoms in total. The molecule has 0 saturated heterocycles. The molecule has 2 rings (SSSR count). The summed E-state index contributed by atoms with van der Waals surface area (Å²) in [6, 6.07) is 10.6. The van der Waals surface area contributed by atoms with Gasteiger partial charge in [0.15, 0.2) is 0 Å². The van der Waals surface area contributed by atoms with Crippen LogP contribution in [-0.2, 0) is 0 Å². The molecule has 0 aliphatic heterocycles. The van der Waals surface area contributed by atoms with Crippen LogP contribution in [0.25, 0.3) is 0 Å². The lowest BCUT2D eigenvalue weighted by molar-refractivity contribution is 0.513. The Morgan fingerprint density at radius 3 is 2.29 bits per heavy atom. The average molecular weight is 227 g/mol. The molecule has 1 atom stereocenters. The first kappa shape index (κ1) is 10.5. The molecule has 0 heterocycles. The van der Waals surface area contributed by atoms with Gasteiger partial charge in [0.25, 0.3) is 0 Å². The van der Waals surface area contributed by atoms with E-state index in [1.807, 2.05) is 0 Å². The van der Waals surface area contributed by atoms with E-state index in [9.17, 15) is 0 Å². The van der Waals surface area contributed by atoms with E-state index in [-0.39, 0.29) is 0 Å². The summed E-state index contributed by atoms with van der Waals surface area (Å²) in [5, 5.41) is 1.36. The Balaban J connectivity index is 2.03. The van der Waals surface area contributed by atoms with Gasteiger partial charge in [0.1, 0.15) is 0 Å². The van der Waals surface area contributed by atoms with Crippen LogP contribution in [0, 0.1) is 0 Å². The molecule has 1 aliphatic rings. The maximum Gasteiger partial charge on any atom is 0.0244 e. The lowest BCUT2D eigenvalue weighted by Crippen LogP contribution is -2.14. The second-order valence-electron chi connectivity index (χ2n) is 3.94. The SMILES string of the molecule is ClP(c1ccccc1)C1CCCCC1. The van der Waals surface area contributed by atoms with E-state index >= 15 is 0 Å². The molecule has 1 aromatic rings. The Morgan fingerprint density at radius 1 is 1.00 bits per heavy atom. The predicted octanol–water partition coefficient (Wildman–Crippen LogP) is 4.28. The highest BCUT2D eigenvalue weighted by atomic mass is 35.7. The first-order valence-electron chi connectivity index (χ1n) is 5.38. The Labute approximate surface area is 92.2 Å². The van der Waals surface area contributed by atoms with Crippen LogP contribution >= 0.6 is 18.5 Å². The molecular formula is C12H16ClP. The third-order valence-corrected chi connectivity index (χ3v) is 6.26. The first-order chi connectivity index (χ1) is 6.88. The Morgan fingerprint density at radius 2 is 1.64 bits per heavy atom. The van der Waals surface area contributed by atoms with Crippen LogP contribution < -0.4 is 5.30 Å². The van der Waals surface area contributed by atoms with E-state index in [4.69, 9.17) is 11.2 Å². The summed E-state index contributed by atoms with van der Waals surface area (Å²) in [5.41, 5.74) is 0.766. The number of benzene rings is 1. The molecule has 14 heavy (non-hydrogen) atoms. The summed E-state index contributed by atoms with van der Waals surface area (Å²) in [7, 11) is -0.422. The average Bonchev–Trinajstić information content (AvgIpc) is 2.30. The molecule has 0 N–H and O–H groups in total. The zero-order valence-corrected chi connectivity index (χ0v) is 9.98. The van der Waals surface area contributed by atoms with E-state index < -0.39 is 7.27 Å². The van der Waals surface area contributed by atoms with Gasteiger partial charge in [-0.05, 0) is 23.8 Å². The highest BCUT2D eigenvalue weighted by molar-refractivity contribution is 7.90. The van der Waals surface area contributed by atoms with E-state index in [0.29, 0.717) is 0 Å². The first-order valence-corrected chi connectivity index (χ1v) is 7.69. The largest absolute Gasteiger partial charge is 0.0909 e. The standard InChI is InChI=1S/C12H16ClP/c13-14(11-7-3-1-4-8-11)12-9-5-2-6-10-12/h1,3-4,7-8,12H,2,5-6,9-10H2. The van der Waals surface area contributed by atoms with E-state index in [2.05, 4.69) is 30.3 Å². The normalized spacial score (nSPS) is 20.6. The van der Waals surface area contributed by atoms with E-state index in [1.54, 1.807) is 0 Å². The van der Waals surface area contributed by atoms with Gasteiger partial charge in [-0.25, -0.2) is 0 Å². The Hall–Kier alpha value is -0.0600. The van der Waals surface area contributed by atoms with Crippen molar-refractivity contribution in [1.82, 2.24) is 0 Å². The van der Waals surface area contributed by atoms with Crippen LogP contribution in [0.3, 0.4) is 0 Å². The van der Waals surface area contributed by atoms with Crippen molar-refractivity contribution >= 4 is 23.8 Å². The zero-order chi connectivity index (χ0) is 9.80. The lowest BCUT2D eigenvalue weighted by atomic mass is 10.0. The van der Waals surface area contributed by atoms with Crippen LogP contribution in [0.1, 0.15) is 32.1 Å². The molecule has 0 amide bonds. The maximum absolute atomic E-state index is 6.55. The number of hydrogen-bond donors (Lipinski definition) is 0. The molecule has 1 fully saturated rings. The summed E-state index contributed by atoms with van der Waals surface area (Å²) in [6.07, 6.45) is 6.84. The Bertz CT molecular complexity index is 267. The molecular weight excluding hydrogens is 211 g/mol. The molecule has 1 saturated carbocycles. The predicted molar refractivity (Wildman–Crippen MR) is 65.7 cm³/mol. The van der Waals surface area contributed by atoms with Crippen molar-refractivity contribution < 1.29 is 0 Å². The van der Waals surface area contributed by atoms with Crippen LogP contribution in [0.5, 0.6) is 0 Å². The summed E-state index contributed by atoms with van der Waals surface area (Å²) in [6.45, 7) is 0. The van der Waals surface area contributed by atoms with Crippen LogP contribution in [-0.4, -0.2) is 5.66 Å². The van der Waals surface area contributed by atoms with E-state index in [1.165, 1.54) is 37.4 Å². The van der Waals surface area contributed by atoms with Gasteiger partial charge in [0.05, 0.1) is 0 Å². The summed E-state index contributed by atoms with van der Waals surface area (Å²) in [4.78, 5) is 0. The lowest BCUT2D eigenvalue weighted by Gasteiger charge is -2.26. The van der Waals surface area contributed by atoms with Crippen molar-refractivity contribution in [2.75, 3.05) is 0 Å². The highest BCUT2D eigenvalue weighted by Crippen LogP contribution is 2.50. The quantitative estimate of drug-likeness (QED) is 0.661. The fraction of sp³-hybridized carbons (Fsp3) is 0.500. The smallest absolute Gasteiger partial charge is 0.0244 e. The van der Waals surface area contributed by atoms with Gasteiger partial charge in [0, 0.05) is 7.27 Å². The number of halogens is 1. The molecule has 0 aromatic heterocycles. The fourth-order valence-electron chi connectivity index (χ4n) is 2.09. The van der Waals surface area contributed by atoms with Crippen LogP contribution in [0.15, 0.2) is 30.3 Å². The van der Waals surface area contributed by atoms with Gasteiger partial charge >= 0.3 is 0 Å². The molecule has 2 heteroatoms. The third kappa shape index (κ3) is 2.49. The van der Waals surface area contributed by atoms with Crippen molar-refractivity contribution in [2.24, 2.45) is 0 Å². The zero-order valence-electron chi connectivity index (χ0n) is 8.32. The highest BCUT2D eigenvalue weighted by Gasteiger charge is 2.22. The fourth-order valence-corrected chi connectivity index (χ4v) is 4.71. The minimum absolute atomic E-state index is 0.422. The van der Waals surface area contributed by atoms with Gasteiger partial charge in [-0.3, -0.25) is 0 Å². The monoisotopic (exact) mass is 226 g/mol. The van der Waals surface area contributed by atoms with Crippen molar-refractivity contribution in [3.05, 3.63) is 30.3 Å². The van der Waals surface area contributed by atoms with E-state index in [0.717, 1.165) is 5.66 Å². The molecule has 0 radical (unpaired) electrons. The molecule has 76 valence electrons. The summed E-state index contributed by atoms with van der Waals surface area (Å²) < 4.78 is 0. The molecule has 1 aliphatic carbocycles. The van der Waals surface area contributed by atoms with Gasteiger partial charge < -0.3 is 0 Å². The van der Waals surface area contributed by atoms with Crippen molar-refractivity contribution in [1.29, 1.82) is 0 Å². The van der Waals surface area contributed by atoms with Gasteiger partial charge in [-0.1, -0.05) is 60.8 Å². The van der Waals surface area contributed by atoms with Crippen LogP contribution in [0.2, 0.25) is 0 Å². The Kier molecular flexibility index (Phi) is 3.84. The minimum atomic E-state index is -0.422. The van der Waals surface area contributed by atoms with Crippen molar-refractivity contribution in [3.63, 3.8) is 0 Å². The number of rotatable bonds is 2. The summed E-state index contributed by atoms with van der Waals surface area (Å²) in [5.74, 6) is 0. The van der Waals surface area contributed by atoms with Crippen molar-refractivity contribution in [3.8, 4) is 0 Å². The second-order valence-corrected chi connectivity index (χ2v) is 6.90. The molecule has 0 bridgehead atoms.